The van der Waals surface area contributed by atoms with E-state index in [1.165, 1.54) is 4.90 Å². The lowest BCUT2D eigenvalue weighted by Crippen LogP contribution is -2.52. The van der Waals surface area contributed by atoms with Gasteiger partial charge < -0.3 is 19.5 Å². The van der Waals surface area contributed by atoms with Gasteiger partial charge in [-0.3, -0.25) is 4.79 Å². The molecule has 1 N–H and O–H groups in total. The third-order valence-corrected chi connectivity index (χ3v) is 4.02. The van der Waals surface area contributed by atoms with E-state index in [4.69, 9.17) is 26.2 Å². The highest BCUT2D eigenvalue weighted by Gasteiger charge is 2.34. The highest BCUT2D eigenvalue weighted by Crippen LogP contribution is 2.29. The van der Waals surface area contributed by atoms with Crippen molar-refractivity contribution in [1.29, 1.82) is 0 Å². The molecule has 122 valence electrons. The molecule has 1 fully saturated rings. The quantitative estimate of drug-likeness (QED) is 0.890. The Labute approximate surface area is 138 Å². The summed E-state index contributed by atoms with van der Waals surface area (Å²) in [5, 5.41) is 9.67. The number of fused-ring (bicyclic) bond motifs is 1. The fraction of sp³-hybridized carbons (Fsp3) is 0.375. The summed E-state index contributed by atoms with van der Waals surface area (Å²) in [7, 11) is 0. The van der Waals surface area contributed by atoms with Crippen LogP contribution >= 0.6 is 11.6 Å². The fourth-order valence-corrected chi connectivity index (χ4v) is 2.91. The van der Waals surface area contributed by atoms with E-state index in [1.807, 2.05) is 0 Å². The molecule has 1 saturated heterocycles. The van der Waals surface area contributed by atoms with Gasteiger partial charge in [-0.15, -0.1) is 0 Å². The third-order valence-electron chi connectivity index (χ3n) is 3.78. The van der Waals surface area contributed by atoms with Crippen LogP contribution in [0.2, 0.25) is 5.02 Å². The number of amides is 1. The number of ether oxygens (including phenoxy) is 2. The molecule has 2 aliphatic rings. The molecule has 3 rings (SSSR count). The second-order valence-electron chi connectivity index (χ2n) is 5.62. The molecular weight excluding hydrogens is 322 g/mol. The molecule has 23 heavy (non-hydrogen) atoms. The van der Waals surface area contributed by atoms with Gasteiger partial charge in [0.1, 0.15) is 12.4 Å². The minimum Gasteiger partial charge on any atom is -0.488 e. The van der Waals surface area contributed by atoms with Crippen molar-refractivity contribution in [3.05, 3.63) is 34.4 Å². The van der Waals surface area contributed by atoms with E-state index in [-0.39, 0.29) is 25.2 Å². The number of carbonyl (C=O) groups excluding carboxylic acids is 1. The predicted molar refractivity (Wildman–Crippen MR) is 83.5 cm³/mol. The van der Waals surface area contributed by atoms with Gasteiger partial charge in [-0.1, -0.05) is 11.6 Å². The number of morpholine rings is 1. The van der Waals surface area contributed by atoms with Crippen molar-refractivity contribution < 1.29 is 24.2 Å². The van der Waals surface area contributed by atoms with Gasteiger partial charge >= 0.3 is 5.97 Å². The zero-order valence-corrected chi connectivity index (χ0v) is 13.2. The fourth-order valence-electron chi connectivity index (χ4n) is 2.73. The van der Waals surface area contributed by atoms with E-state index in [9.17, 15) is 9.59 Å². The highest BCUT2D eigenvalue weighted by molar-refractivity contribution is 6.30. The lowest BCUT2D eigenvalue weighted by atomic mass is 10.1. The van der Waals surface area contributed by atoms with E-state index in [1.54, 1.807) is 31.2 Å². The maximum atomic E-state index is 12.7. The molecule has 1 amide bonds. The van der Waals surface area contributed by atoms with Crippen LogP contribution in [0.15, 0.2) is 23.8 Å². The summed E-state index contributed by atoms with van der Waals surface area (Å²) in [5.41, 5.74) is 1.21. The Morgan fingerprint density at radius 3 is 2.87 bits per heavy atom. The molecule has 1 aromatic carbocycles. The number of carboxylic acid groups (broad SMARTS) is 1. The number of halogens is 1. The summed E-state index contributed by atoms with van der Waals surface area (Å²) in [5.74, 6) is -0.637. The zero-order valence-electron chi connectivity index (χ0n) is 12.5. The minimum absolute atomic E-state index is 0.0260. The normalized spacial score (nSPS) is 23.6. The van der Waals surface area contributed by atoms with Crippen LogP contribution in [0.1, 0.15) is 12.5 Å². The summed E-state index contributed by atoms with van der Waals surface area (Å²) < 4.78 is 10.9. The van der Waals surface area contributed by atoms with Gasteiger partial charge in [0.2, 0.25) is 0 Å². The van der Waals surface area contributed by atoms with E-state index in [2.05, 4.69) is 0 Å². The van der Waals surface area contributed by atoms with Crippen LogP contribution in [0.4, 0.5) is 0 Å². The van der Waals surface area contributed by atoms with Gasteiger partial charge in [0, 0.05) is 17.1 Å². The van der Waals surface area contributed by atoms with Crippen LogP contribution < -0.4 is 4.74 Å². The first-order valence-corrected chi connectivity index (χ1v) is 7.62. The molecule has 7 heteroatoms. The Morgan fingerprint density at radius 2 is 2.13 bits per heavy atom. The van der Waals surface area contributed by atoms with Crippen molar-refractivity contribution >= 4 is 29.6 Å². The van der Waals surface area contributed by atoms with E-state index in [0.717, 1.165) is 5.56 Å². The Morgan fingerprint density at radius 1 is 1.35 bits per heavy atom. The Hall–Kier alpha value is -2.05. The lowest BCUT2D eigenvalue weighted by molar-refractivity contribution is -0.165. The van der Waals surface area contributed by atoms with Crippen molar-refractivity contribution in [2.75, 3.05) is 19.7 Å². The van der Waals surface area contributed by atoms with Crippen LogP contribution in [0.25, 0.3) is 6.08 Å². The molecule has 2 atom stereocenters. The van der Waals surface area contributed by atoms with Crippen molar-refractivity contribution in [3.63, 3.8) is 0 Å². The second kappa shape index (κ2) is 6.22. The average Bonchev–Trinajstić information content (AvgIpc) is 2.52. The van der Waals surface area contributed by atoms with Gasteiger partial charge in [0.25, 0.3) is 5.91 Å². The van der Waals surface area contributed by atoms with Crippen molar-refractivity contribution in [3.8, 4) is 5.75 Å². The molecule has 1 aromatic rings. The van der Waals surface area contributed by atoms with Crippen LogP contribution in [0.5, 0.6) is 5.75 Å². The van der Waals surface area contributed by atoms with Gasteiger partial charge in [-0.05, 0) is 31.2 Å². The van der Waals surface area contributed by atoms with Gasteiger partial charge in [-0.25, -0.2) is 4.79 Å². The van der Waals surface area contributed by atoms with Crippen molar-refractivity contribution in [2.45, 2.75) is 19.1 Å². The summed E-state index contributed by atoms with van der Waals surface area (Å²) >= 11 is 5.96. The molecule has 0 aromatic heterocycles. The van der Waals surface area contributed by atoms with Crippen LogP contribution in [0, 0.1) is 0 Å². The number of carboxylic acids is 1. The van der Waals surface area contributed by atoms with E-state index < -0.39 is 12.1 Å². The first-order chi connectivity index (χ1) is 10.9. The number of benzene rings is 1. The number of rotatable bonds is 2. The zero-order chi connectivity index (χ0) is 16.6. The number of carbonyl (C=O) groups is 2. The van der Waals surface area contributed by atoms with Gasteiger partial charge in [0.05, 0.1) is 18.2 Å². The number of hydrogen-bond donors (Lipinski definition) is 1. The molecule has 0 saturated carbocycles. The monoisotopic (exact) mass is 337 g/mol. The first kappa shape index (κ1) is 15.8. The average molecular weight is 338 g/mol. The Balaban J connectivity index is 1.81. The van der Waals surface area contributed by atoms with Gasteiger partial charge in [0.15, 0.2) is 6.10 Å². The van der Waals surface area contributed by atoms with E-state index >= 15 is 0 Å². The second-order valence-corrected chi connectivity index (χ2v) is 6.06. The maximum absolute atomic E-state index is 12.7. The Bertz CT molecular complexity index is 687. The molecule has 1 unspecified atom stereocenters. The maximum Gasteiger partial charge on any atom is 0.334 e. The number of aliphatic carboxylic acids is 1. The van der Waals surface area contributed by atoms with E-state index in [0.29, 0.717) is 22.9 Å². The van der Waals surface area contributed by atoms with Gasteiger partial charge in [-0.2, -0.15) is 0 Å². The molecule has 6 nitrogen and oxygen atoms in total. The smallest absolute Gasteiger partial charge is 0.334 e. The SMILES string of the molecule is C[C@@H]1CN(C(=O)C2=Cc3cc(Cl)ccc3OC2)CC(C(=O)O)O1. The van der Waals surface area contributed by atoms with Crippen molar-refractivity contribution in [2.24, 2.45) is 0 Å². The molecular formula is C16H16ClNO5. The number of nitrogens with zero attached hydrogens (tertiary/aromatic N) is 1. The van der Waals surface area contributed by atoms with Crippen LogP contribution in [-0.4, -0.2) is 53.8 Å². The van der Waals surface area contributed by atoms with Crippen LogP contribution in [0.3, 0.4) is 0 Å². The molecule has 2 heterocycles. The summed E-state index contributed by atoms with van der Waals surface area (Å²) in [6.45, 7) is 2.27. The molecule has 0 radical (unpaired) electrons. The lowest BCUT2D eigenvalue weighted by Gasteiger charge is -2.35. The Kier molecular flexibility index (Phi) is 4.28. The largest absolute Gasteiger partial charge is 0.488 e. The summed E-state index contributed by atoms with van der Waals surface area (Å²) in [4.78, 5) is 25.3. The minimum atomic E-state index is -1.07. The predicted octanol–water partition coefficient (Wildman–Crippen LogP) is 1.82. The molecule has 0 bridgehead atoms. The first-order valence-electron chi connectivity index (χ1n) is 7.24. The summed E-state index contributed by atoms with van der Waals surface area (Å²) in [6.07, 6.45) is 0.401. The highest BCUT2D eigenvalue weighted by atomic mass is 35.5. The number of hydrogen-bond acceptors (Lipinski definition) is 4. The standard InChI is InChI=1S/C16H16ClNO5/c1-9-6-18(7-14(23-9)16(20)21)15(19)11-4-10-5-12(17)2-3-13(10)22-8-11/h2-5,9,14H,6-8H2,1H3,(H,20,21)/t9-,14?/m1/s1. The molecule has 0 spiro atoms. The van der Waals surface area contributed by atoms with Crippen molar-refractivity contribution in [1.82, 2.24) is 4.90 Å². The molecule has 2 aliphatic heterocycles. The van der Waals surface area contributed by atoms with Crippen LogP contribution in [-0.2, 0) is 14.3 Å². The topological polar surface area (TPSA) is 76.1 Å². The molecule has 0 aliphatic carbocycles. The third kappa shape index (κ3) is 3.33. The summed E-state index contributed by atoms with van der Waals surface area (Å²) in [6, 6.07) is 5.21.